The van der Waals surface area contributed by atoms with Crippen LogP contribution in [0.25, 0.3) is 21.8 Å². The summed E-state index contributed by atoms with van der Waals surface area (Å²) in [7, 11) is 0. The number of fused-ring (bicyclic) bond motifs is 2. The summed E-state index contributed by atoms with van der Waals surface area (Å²) >= 11 is 0. The molecule has 4 rings (SSSR count). The van der Waals surface area contributed by atoms with Crippen LogP contribution >= 0.6 is 0 Å². The Morgan fingerprint density at radius 2 is 1.23 bits per heavy atom. The first-order chi connectivity index (χ1) is 20.9. The van der Waals surface area contributed by atoms with E-state index in [-0.39, 0.29) is 12.8 Å². The van der Waals surface area contributed by atoms with Crippen LogP contribution < -0.4 is 21.7 Å². The Labute approximate surface area is 252 Å². The van der Waals surface area contributed by atoms with Crippen LogP contribution in [0.2, 0.25) is 0 Å². The summed E-state index contributed by atoms with van der Waals surface area (Å²) in [5, 5.41) is 28.2. The number of para-hydroxylation sites is 2. The summed E-state index contributed by atoms with van der Waals surface area (Å²) in [6, 6.07) is 9.57. The number of nitrogens with two attached hydrogens (primary N) is 1. The van der Waals surface area contributed by atoms with Gasteiger partial charge in [0.25, 0.3) is 0 Å². The van der Waals surface area contributed by atoms with E-state index in [9.17, 15) is 34.2 Å². The van der Waals surface area contributed by atoms with E-state index in [1.807, 2.05) is 48.5 Å². The monoisotopic (exact) mass is 604 g/mol. The number of carboxylic acid groups (broad SMARTS) is 2. The van der Waals surface area contributed by atoms with Gasteiger partial charge in [0, 0.05) is 40.6 Å². The Balaban J connectivity index is 1.53. The maximum Gasteiger partial charge on any atom is 0.326 e. The summed E-state index contributed by atoms with van der Waals surface area (Å²) in [5.41, 5.74) is 9.24. The third kappa shape index (κ3) is 7.61. The normalized spacial score (nSPS) is 14.1. The van der Waals surface area contributed by atoms with Gasteiger partial charge in [0.1, 0.15) is 18.1 Å². The van der Waals surface area contributed by atoms with E-state index in [4.69, 9.17) is 5.73 Å². The minimum absolute atomic E-state index is 0.0418. The molecule has 4 unspecified atom stereocenters. The van der Waals surface area contributed by atoms with Gasteiger partial charge in [-0.3, -0.25) is 19.2 Å². The summed E-state index contributed by atoms with van der Waals surface area (Å²) in [6.07, 6.45) is 2.71. The van der Waals surface area contributed by atoms with Crippen molar-refractivity contribution >= 4 is 51.5 Å². The Morgan fingerprint density at radius 1 is 0.727 bits per heavy atom. The average Bonchev–Trinajstić information content (AvgIpc) is 3.58. The van der Waals surface area contributed by atoms with Gasteiger partial charge in [-0.2, -0.15) is 0 Å². The zero-order valence-corrected chi connectivity index (χ0v) is 24.3. The van der Waals surface area contributed by atoms with Crippen LogP contribution in [0.5, 0.6) is 0 Å². The quantitative estimate of drug-likeness (QED) is 0.105. The molecule has 0 saturated carbocycles. The number of carboxylic acids is 2. The average molecular weight is 605 g/mol. The van der Waals surface area contributed by atoms with E-state index in [0.717, 1.165) is 27.4 Å². The molecular formula is C31H36N6O7. The lowest BCUT2D eigenvalue weighted by Gasteiger charge is -2.25. The number of H-pyrrole nitrogens is 2. The summed E-state index contributed by atoms with van der Waals surface area (Å²) in [5.74, 6) is -5.53. The predicted octanol–water partition coefficient (Wildman–Crippen LogP) is 1.43. The van der Waals surface area contributed by atoms with Gasteiger partial charge in [0.05, 0.1) is 12.5 Å². The number of aliphatic carboxylic acids is 2. The van der Waals surface area contributed by atoms with Crippen molar-refractivity contribution in [3.05, 3.63) is 72.1 Å². The molecule has 13 nitrogen and oxygen atoms in total. The first kappa shape index (κ1) is 31.8. The minimum Gasteiger partial charge on any atom is -0.481 e. The lowest BCUT2D eigenvalue weighted by molar-refractivity contribution is -0.144. The van der Waals surface area contributed by atoms with Crippen molar-refractivity contribution in [2.75, 3.05) is 0 Å². The van der Waals surface area contributed by atoms with Crippen LogP contribution in [-0.2, 0) is 36.8 Å². The Kier molecular flexibility index (Phi) is 10.0. The van der Waals surface area contributed by atoms with E-state index < -0.39 is 66.2 Å². The Hall–Kier alpha value is -5.17. The van der Waals surface area contributed by atoms with Crippen molar-refractivity contribution in [2.24, 2.45) is 11.7 Å². The highest BCUT2D eigenvalue weighted by Crippen LogP contribution is 2.20. The van der Waals surface area contributed by atoms with Gasteiger partial charge in [-0.05, 0) is 35.6 Å². The van der Waals surface area contributed by atoms with Gasteiger partial charge in [-0.15, -0.1) is 0 Å². The standard InChI is InChI=1S/C31H36N6O7/c1-16(2)27(31(43)44)37-30(42)24(12-18-15-34-23-10-6-4-8-20(18)23)36-29(41)25(13-26(38)39)35-28(40)21(32)11-17-14-33-22-9-5-3-7-19(17)22/h3-10,14-16,21,24-25,27,33-34H,11-13,32H2,1-2H3,(H,35,40)(H,36,41)(H,37,42)(H,38,39)(H,43,44). The lowest BCUT2D eigenvalue weighted by Crippen LogP contribution is -2.58. The minimum atomic E-state index is -1.56. The van der Waals surface area contributed by atoms with E-state index in [1.54, 1.807) is 26.2 Å². The number of hydrogen-bond donors (Lipinski definition) is 8. The molecule has 0 radical (unpaired) electrons. The summed E-state index contributed by atoms with van der Waals surface area (Å²) < 4.78 is 0. The van der Waals surface area contributed by atoms with E-state index in [2.05, 4.69) is 25.9 Å². The SMILES string of the molecule is CC(C)C(NC(=O)C(Cc1c[nH]c2ccccc12)NC(=O)C(CC(=O)O)NC(=O)C(N)Cc1c[nH]c2ccccc12)C(=O)O. The van der Waals surface area contributed by atoms with Gasteiger partial charge in [-0.1, -0.05) is 50.2 Å². The van der Waals surface area contributed by atoms with Crippen LogP contribution in [0.15, 0.2) is 60.9 Å². The van der Waals surface area contributed by atoms with Gasteiger partial charge in [-0.25, -0.2) is 4.79 Å². The number of carbonyl (C=O) groups excluding carboxylic acids is 3. The molecule has 232 valence electrons. The fraction of sp³-hybridized carbons (Fsp3) is 0.323. The maximum atomic E-state index is 13.4. The van der Waals surface area contributed by atoms with Gasteiger partial charge in [0.15, 0.2) is 0 Å². The smallest absolute Gasteiger partial charge is 0.326 e. The number of aromatic nitrogens is 2. The fourth-order valence-electron chi connectivity index (χ4n) is 5.06. The third-order valence-corrected chi connectivity index (χ3v) is 7.43. The number of carbonyl (C=O) groups is 5. The second kappa shape index (κ2) is 13.9. The van der Waals surface area contributed by atoms with Crippen LogP contribution in [0.3, 0.4) is 0 Å². The van der Waals surface area contributed by atoms with Crippen molar-refractivity contribution in [1.82, 2.24) is 25.9 Å². The molecule has 44 heavy (non-hydrogen) atoms. The van der Waals surface area contributed by atoms with Gasteiger partial charge < -0.3 is 41.9 Å². The van der Waals surface area contributed by atoms with Crippen LogP contribution in [0.1, 0.15) is 31.4 Å². The Bertz CT molecular complexity index is 1680. The van der Waals surface area contributed by atoms with Crippen molar-refractivity contribution in [1.29, 1.82) is 0 Å². The molecule has 9 N–H and O–H groups in total. The summed E-state index contributed by atoms with van der Waals surface area (Å²) in [6.45, 7) is 3.26. The zero-order chi connectivity index (χ0) is 32.0. The number of benzene rings is 2. The largest absolute Gasteiger partial charge is 0.481 e. The first-order valence-corrected chi connectivity index (χ1v) is 14.2. The molecule has 2 aromatic heterocycles. The second-order valence-corrected chi connectivity index (χ2v) is 11.0. The molecule has 13 heteroatoms. The molecule has 0 bridgehead atoms. The number of hydrogen-bond acceptors (Lipinski definition) is 6. The Morgan fingerprint density at radius 3 is 1.75 bits per heavy atom. The van der Waals surface area contributed by atoms with Gasteiger partial charge in [0.2, 0.25) is 17.7 Å². The topological polar surface area (TPSA) is 220 Å². The molecule has 0 aliphatic rings. The lowest BCUT2D eigenvalue weighted by atomic mass is 10.0. The van der Waals surface area contributed by atoms with Crippen molar-refractivity contribution < 1.29 is 34.2 Å². The molecule has 2 heterocycles. The second-order valence-electron chi connectivity index (χ2n) is 11.0. The number of rotatable bonds is 14. The third-order valence-electron chi connectivity index (χ3n) is 7.43. The molecule has 4 atom stereocenters. The molecule has 0 saturated heterocycles. The van der Waals surface area contributed by atoms with Crippen LogP contribution in [0.4, 0.5) is 0 Å². The maximum absolute atomic E-state index is 13.4. The molecule has 0 aliphatic carbocycles. The fourth-order valence-corrected chi connectivity index (χ4v) is 5.06. The molecule has 0 fully saturated rings. The molecule has 2 aromatic carbocycles. The van der Waals surface area contributed by atoms with Crippen LogP contribution in [-0.4, -0.2) is 74.0 Å². The molecule has 0 aliphatic heterocycles. The number of aromatic amines is 2. The molecular weight excluding hydrogens is 568 g/mol. The predicted molar refractivity (Wildman–Crippen MR) is 162 cm³/mol. The van der Waals surface area contributed by atoms with E-state index in [0.29, 0.717) is 5.56 Å². The molecule has 3 amide bonds. The number of nitrogens with one attached hydrogen (secondary N) is 5. The molecule has 0 spiro atoms. The zero-order valence-electron chi connectivity index (χ0n) is 24.3. The van der Waals surface area contributed by atoms with Crippen molar-refractivity contribution in [3.63, 3.8) is 0 Å². The molecule has 4 aromatic rings. The van der Waals surface area contributed by atoms with Gasteiger partial charge >= 0.3 is 11.9 Å². The van der Waals surface area contributed by atoms with Crippen LogP contribution in [0, 0.1) is 5.92 Å². The highest BCUT2D eigenvalue weighted by Gasteiger charge is 2.33. The van der Waals surface area contributed by atoms with E-state index >= 15 is 0 Å². The summed E-state index contributed by atoms with van der Waals surface area (Å²) in [4.78, 5) is 69.5. The van der Waals surface area contributed by atoms with Crippen molar-refractivity contribution in [3.8, 4) is 0 Å². The number of amides is 3. The highest BCUT2D eigenvalue weighted by atomic mass is 16.4. The first-order valence-electron chi connectivity index (χ1n) is 14.2. The van der Waals surface area contributed by atoms with E-state index in [1.165, 1.54) is 0 Å². The highest BCUT2D eigenvalue weighted by molar-refractivity contribution is 5.96. The van der Waals surface area contributed by atoms with Crippen molar-refractivity contribution in [2.45, 2.75) is 57.3 Å².